The second-order valence-electron chi connectivity index (χ2n) is 5.00. The first-order chi connectivity index (χ1) is 11.1. The summed E-state index contributed by atoms with van der Waals surface area (Å²) in [5.41, 5.74) is 1.16. The lowest BCUT2D eigenvalue weighted by Crippen LogP contribution is -2.29. The zero-order valence-electron chi connectivity index (χ0n) is 12.5. The smallest absolute Gasteiger partial charge is 0.341 e. The summed E-state index contributed by atoms with van der Waals surface area (Å²) in [5, 5.41) is 2.98. The van der Waals surface area contributed by atoms with Crippen LogP contribution in [0.4, 0.5) is 10.1 Å². The Morgan fingerprint density at radius 2 is 2.35 bits per heavy atom. The van der Waals surface area contributed by atoms with Crippen LogP contribution in [0.3, 0.4) is 0 Å². The van der Waals surface area contributed by atoms with E-state index in [4.69, 9.17) is 4.74 Å². The highest BCUT2D eigenvalue weighted by Gasteiger charge is 2.26. The number of carbonyl (C=O) groups excluding carboxylic acids is 1. The molecule has 0 fully saturated rings. The number of hydrogen-bond donors (Lipinski definition) is 1. The van der Waals surface area contributed by atoms with Gasteiger partial charge in [0.25, 0.3) is 0 Å². The Morgan fingerprint density at radius 3 is 3.09 bits per heavy atom. The fourth-order valence-corrected chi connectivity index (χ4v) is 2.83. The number of ether oxygens (including phenoxy) is 1. The predicted molar refractivity (Wildman–Crippen MR) is 94.5 cm³/mol. The fourth-order valence-electron chi connectivity index (χ4n) is 2.38. The van der Waals surface area contributed by atoms with Crippen LogP contribution < -0.4 is 5.32 Å². The van der Waals surface area contributed by atoms with Gasteiger partial charge in [0.15, 0.2) is 0 Å². The molecule has 0 aromatic heterocycles. The lowest BCUT2D eigenvalue weighted by molar-refractivity contribution is -0.138. The first-order valence-electron chi connectivity index (χ1n) is 7.22. The van der Waals surface area contributed by atoms with E-state index in [0.717, 1.165) is 16.0 Å². The van der Waals surface area contributed by atoms with E-state index in [1.54, 1.807) is 31.3 Å². The Bertz CT molecular complexity index is 743. The summed E-state index contributed by atoms with van der Waals surface area (Å²) >= 11 is 2.05. The molecule has 2 aliphatic heterocycles. The molecule has 1 N–H and O–H groups in total. The third-order valence-corrected chi connectivity index (χ3v) is 4.12. The van der Waals surface area contributed by atoms with E-state index in [9.17, 15) is 9.18 Å². The minimum atomic E-state index is -0.442. The zero-order chi connectivity index (χ0) is 16.4. The number of nitrogens with zero attached hydrogens (tertiary/aromatic N) is 2. The standard InChI is InChI=1S/C16H15FIN3O2/c1-2-23-16(22)11-9-21-6-5-19-15(21)8-14(11)20-13-4-3-10(18)7-12(13)17/h3-4,7-9,20H,2,5-6H2,1H3. The first kappa shape index (κ1) is 16.0. The van der Waals surface area contributed by atoms with E-state index >= 15 is 0 Å². The molecule has 0 spiro atoms. The van der Waals surface area contributed by atoms with E-state index in [-0.39, 0.29) is 12.4 Å². The van der Waals surface area contributed by atoms with Gasteiger partial charge in [-0.1, -0.05) is 0 Å². The van der Waals surface area contributed by atoms with Crippen molar-refractivity contribution in [3.63, 3.8) is 0 Å². The van der Waals surface area contributed by atoms with Crippen LogP contribution in [0.5, 0.6) is 0 Å². The van der Waals surface area contributed by atoms with Gasteiger partial charge in [0, 0.05) is 22.4 Å². The van der Waals surface area contributed by atoms with Crippen LogP contribution in [0.15, 0.2) is 46.7 Å². The Morgan fingerprint density at radius 1 is 1.52 bits per heavy atom. The predicted octanol–water partition coefficient (Wildman–Crippen LogP) is 2.90. The van der Waals surface area contributed by atoms with Gasteiger partial charge in [0.2, 0.25) is 0 Å². The highest BCUT2D eigenvalue weighted by molar-refractivity contribution is 14.1. The van der Waals surface area contributed by atoms with Crippen molar-refractivity contribution in [3.8, 4) is 0 Å². The number of rotatable bonds is 4. The molecule has 0 bridgehead atoms. The third-order valence-electron chi connectivity index (χ3n) is 3.45. The molecule has 1 aromatic carbocycles. The molecule has 0 atom stereocenters. The van der Waals surface area contributed by atoms with E-state index in [0.29, 0.717) is 23.5 Å². The summed E-state index contributed by atoms with van der Waals surface area (Å²) in [6, 6.07) is 4.87. The zero-order valence-corrected chi connectivity index (χ0v) is 14.6. The molecule has 0 radical (unpaired) electrons. The maximum Gasteiger partial charge on any atom is 0.341 e. The Hall–Kier alpha value is -1.90. The fraction of sp³-hybridized carbons (Fsp3) is 0.250. The van der Waals surface area contributed by atoms with Crippen molar-refractivity contribution in [1.82, 2.24) is 4.90 Å². The quantitative estimate of drug-likeness (QED) is 0.594. The number of hydrogen-bond acceptors (Lipinski definition) is 5. The topological polar surface area (TPSA) is 53.9 Å². The molecule has 0 saturated heterocycles. The minimum Gasteiger partial charge on any atom is -0.462 e. The van der Waals surface area contributed by atoms with Gasteiger partial charge in [-0.25, -0.2) is 9.18 Å². The van der Waals surface area contributed by atoms with Crippen molar-refractivity contribution in [2.75, 3.05) is 25.0 Å². The molecular formula is C16H15FIN3O2. The van der Waals surface area contributed by atoms with Gasteiger partial charge in [-0.2, -0.15) is 0 Å². The molecule has 7 heteroatoms. The van der Waals surface area contributed by atoms with Crippen molar-refractivity contribution in [3.05, 3.63) is 51.1 Å². The number of anilines is 1. The van der Waals surface area contributed by atoms with Crippen LogP contribution in [0.1, 0.15) is 6.92 Å². The lowest BCUT2D eigenvalue weighted by Gasteiger charge is -2.23. The van der Waals surface area contributed by atoms with Gasteiger partial charge >= 0.3 is 5.97 Å². The highest BCUT2D eigenvalue weighted by atomic mass is 127. The number of fused-ring (bicyclic) bond motifs is 1. The maximum absolute atomic E-state index is 14.1. The van der Waals surface area contributed by atoms with Crippen molar-refractivity contribution in [2.45, 2.75) is 6.92 Å². The van der Waals surface area contributed by atoms with E-state index in [1.807, 2.05) is 27.5 Å². The Balaban J connectivity index is 1.93. The number of esters is 1. The lowest BCUT2D eigenvalue weighted by atomic mass is 10.1. The number of nitrogens with one attached hydrogen (secondary N) is 1. The van der Waals surface area contributed by atoms with Crippen LogP contribution in [0.25, 0.3) is 0 Å². The molecule has 0 unspecified atom stereocenters. The van der Waals surface area contributed by atoms with E-state index < -0.39 is 5.97 Å². The van der Waals surface area contributed by atoms with Crippen LogP contribution >= 0.6 is 22.6 Å². The largest absolute Gasteiger partial charge is 0.462 e. The van der Waals surface area contributed by atoms with Crippen molar-refractivity contribution in [2.24, 2.45) is 4.99 Å². The molecule has 2 aliphatic rings. The first-order valence-corrected chi connectivity index (χ1v) is 8.30. The summed E-state index contributed by atoms with van der Waals surface area (Å²) in [6.07, 6.45) is 3.45. The second-order valence-corrected chi connectivity index (χ2v) is 6.25. The molecule has 0 amide bonds. The molecule has 0 aliphatic carbocycles. The number of carbonyl (C=O) groups is 1. The van der Waals surface area contributed by atoms with E-state index in [2.05, 4.69) is 10.3 Å². The van der Waals surface area contributed by atoms with E-state index in [1.165, 1.54) is 6.07 Å². The average Bonchev–Trinajstić information content (AvgIpc) is 2.96. The summed E-state index contributed by atoms with van der Waals surface area (Å²) in [6.45, 7) is 3.42. The molecule has 120 valence electrons. The molecule has 2 heterocycles. The SMILES string of the molecule is CCOC(=O)C1=CN2CCN=C2C=C1Nc1ccc(I)cc1F. The molecular weight excluding hydrogens is 412 g/mol. The monoisotopic (exact) mass is 427 g/mol. The molecule has 0 saturated carbocycles. The maximum atomic E-state index is 14.1. The summed E-state index contributed by atoms with van der Waals surface area (Å²) < 4.78 is 20.0. The summed E-state index contributed by atoms with van der Waals surface area (Å²) in [7, 11) is 0. The van der Waals surface area contributed by atoms with Crippen LogP contribution in [0, 0.1) is 9.39 Å². The summed E-state index contributed by atoms with van der Waals surface area (Å²) in [4.78, 5) is 18.4. The van der Waals surface area contributed by atoms with Gasteiger partial charge in [-0.05, 0) is 47.7 Å². The number of aliphatic imine (C=N–C) groups is 1. The number of benzene rings is 1. The van der Waals surface area contributed by atoms with Crippen molar-refractivity contribution >= 4 is 40.1 Å². The minimum absolute atomic E-state index is 0.280. The van der Waals surface area contributed by atoms with Crippen molar-refractivity contribution < 1.29 is 13.9 Å². The molecule has 5 nitrogen and oxygen atoms in total. The van der Waals surface area contributed by atoms with Gasteiger partial charge in [-0.3, -0.25) is 4.99 Å². The number of amidine groups is 1. The van der Waals surface area contributed by atoms with Gasteiger partial charge in [-0.15, -0.1) is 0 Å². The van der Waals surface area contributed by atoms with Crippen LogP contribution in [-0.4, -0.2) is 36.4 Å². The average molecular weight is 427 g/mol. The Labute approximate surface area is 147 Å². The molecule has 23 heavy (non-hydrogen) atoms. The second kappa shape index (κ2) is 6.69. The summed E-state index contributed by atoms with van der Waals surface area (Å²) in [5.74, 6) is -0.0635. The molecule has 3 rings (SSSR count). The van der Waals surface area contributed by atoms with Crippen molar-refractivity contribution in [1.29, 1.82) is 0 Å². The van der Waals surface area contributed by atoms with Gasteiger partial charge in [0.1, 0.15) is 11.7 Å². The highest BCUT2D eigenvalue weighted by Crippen LogP contribution is 2.26. The normalized spacial score (nSPS) is 16.3. The third kappa shape index (κ3) is 3.39. The Kier molecular flexibility index (Phi) is 4.65. The van der Waals surface area contributed by atoms with Crippen LogP contribution in [-0.2, 0) is 9.53 Å². The molecule has 1 aromatic rings. The van der Waals surface area contributed by atoms with Crippen LogP contribution in [0.2, 0.25) is 0 Å². The van der Waals surface area contributed by atoms with Gasteiger partial charge in [0.05, 0.1) is 30.1 Å². The number of halogens is 2. The van der Waals surface area contributed by atoms with Gasteiger partial charge < -0.3 is 15.0 Å².